The normalized spacial score (nSPS) is 15.3. The van der Waals surface area contributed by atoms with E-state index in [1.165, 1.54) is 4.90 Å². The second kappa shape index (κ2) is 9.47. The van der Waals surface area contributed by atoms with Crippen molar-refractivity contribution in [2.75, 3.05) is 20.7 Å². The maximum atomic E-state index is 12.3. The van der Waals surface area contributed by atoms with Crippen LogP contribution in [0.15, 0.2) is 53.2 Å². The second-order valence-electron chi connectivity index (χ2n) is 7.28. The smallest absolute Gasteiger partial charge is 0.363 e. The fourth-order valence-electron chi connectivity index (χ4n) is 3.08. The van der Waals surface area contributed by atoms with Crippen molar-refractivity contribution in [1.29, 1.82) is 0 Å². The third-order valence-corrected chi connectivity index (χ3v) is 4.66. The Balaban J connectivity index is 1.88. The zero-order chi connectivity index (χ0) is 22.5. The van der Waals surface area contributed by atoms with E-state index in [2.05, 4.69) is 4.99 Å². The van der Waals surface area contributed by atoms with Crippen LogP contribution in [0.25, 0.3) is 6.08 Å². The summed E-state index contributed by atoms with van der Waals surface area (Å²) in [5.74, 6) is 0.548. The molecule has 1 amide bonds. The van der Waals surface area contributed by atoms with Crippen molar-refractivity contribution in [3.05, 3.63) is 64.9 Å². The highest BCUT2D eigenvalue weighted by molar-refractivity contribution is 6.13. The molecule has 0 saturated heterocycles. The number of ether oxygens (including phenoxy) is 3. The van der Waals surface area contributed by atoms with Gasteiger partial charge in [-0.05, 0) is 56.2 Å². The number of hydrogen-bond donors (Lipinski definition) is 0. The standard InChI is InChI=1S/C24H26N2O5/c1-6-29-21-14-17(11-12-20(21)30-16(3)23(27)26(4)5)13-19-24(28)31-22(25-19)18-10-8-7-9-15(18)2/h7-14,16H,6H2,1-5H3. The molecule has 1 aliphatic rings. The van der Waals surface area contributed by atoms with Crippen molar-refractivity contribution in [3.8, 4) is 11.5 Å². The molecule has 1 heterocycles. The Morgan fingerprint density at radius 3 is 2.61 bits per heavy atom. The average Bonchev–Trinajstić information content (AvgIpc) is 3.09. The predicted molar refractivity (Wildman–Crippen MR) is 118 cm³/mol. The summed E-state index contributed by atoms with van der Waals surface area (Å²) >= 11 is 0. The molecule has 7 nitrogen and oxygen atoms in total. The number of amides is 1. The van der Waals surface area contributed by atoms with Crippen LogP contribution in [-0.2, 0) is 14.3 Å². The fraction of sp³-hybridized carbons (Fsp3) is 0.292. The number of hydrogen-bond acceptors (Lipinski definition) is 6. The van der Waals surface area contributed by atoms with Gasteiger partial charge in [-0.25, -0.2) is 9.79 Å². The molecular weight excluding hydrogens is 396 g/mol. The second-order valence-corrected chi connectivity index (χ2v) is 7.28. The summed E-state index contributed by atoms with van der Waals surface area (Å²) in [4.78, 5) is 30.3. The maximum Gasteiger partial charge on any atom is 0.363 e. The van der Waals surface area contributed by atoms with Crippen molar-refractivity contribution < 1.29 is 23.8 Å². The highest BCUT2D eigenvalue weighted by atomic mass is 16.6. The maximum absolute atomic E-state index is 12.3. The van der Waals surface area contributed by atoms with Gasteiger partial charge >= 0.3 is 5.97 Å². The van der Waals surface area contributed by atoms with Crippen LogP contribution in [0.1, 0.15) is 30.5 Å². The lowest BCUT2D eigenvalue weighted by molar-refractivity contribution is -0.135. The summed E-state index contributed by atoms with van der Waals surface area (Å²) in [5, 5.41) is 0. The minimum absolute atomic E-state index is 0.152. The molecule has 1 unspecified atom stereocenters. The zero-order valence-corrected chi connectivity index (χ0v) is 18.3. The Bertz CT molecular complexity index is 1060. The van der Waals surface area contributed by atoms with Crippen LogP contribution in [0.2, 0.25) is 0 Å². The summed E-state index contributed by atoms with van der Waals surface area (Å²) in [5.41, 5.74) is 2.64. The number of likely N-dealkylation sites (N-methyl/N-ethyl adjacent to an activating group) is 1. The highest BCUT2D eigenvalue weighted by Crippen LogP contribution is 2.31. The summed E-state index contributed by atoms with van der Waals surface area (Å²) in [6.07, 6.45) is 0.971. The average molecular weight is 422 g/mol. The first-order valence-electron chi connectivity index (χ1n) is 10.0. The molecule has 0 fully saturated rings. The van der Waals surface area contributed by atoms with Gasteiger partial charge < -0.3 is 19.1 Å². The molecule has 0 spiro atoms. The van der Waals surface area contributed by atoms with E-state index in [-0.39, 0.29) is 17.5 Å². The van der Waals surface area contributed by atoms with Gasteiger partial charge in [-0.15, -0.1) is 0 Å². The molecular formula is C24H26N2O5. The van der Waals surface area contributed by atoms with Crippen molar-refractivity contribution in [3.63, 3.8) is 0 Å². The Hall–Kier alpha value is -3.61. The first-order chi connectivity index (χ1) is 14.8. The molecule has 0 saturated carbocycles. The Labute approximate surface area is 181 Å². The van der Waals surface area contributed by atoms with Crippen LogP contribution in [0.3, 0.4) is 0 Å². The molecule has 0 aromatic heterocycles. The van der Waals surface area contributed by atoms with Crippen LogP contribution < -0.4 is 9.47 Å². The minimum atomic E-state index is -0.663. The molecule has 0 N–H and O–H groups in total. The Morgan fingerprint density at radius 2 is 1.94 bits per heavy atom. The summed E-state index contributed by atoms with van der Waals surface area (Å²) in [6.45, 7) is 5.90. The molecule has 162 valence electrons. The van der Waals surface area contributed by atoms with Crippen molar-refractivity contribution in [2.45, 2.75) is 26.9 Å². The van der Waals surface area contributed by atoms with Crippen LogP contribution in [0, 0.1) is 6.92 Å². The molecule has 2 aromatic carbocycles. The number of rotatable bonds is 7. The first-order valence-corrected chi connectivity index (χ1v) is 10.0. The monoisotopic (exact) mass is 422 g/mol. The van der Waals surface area contributed by atoms with Gasteiger partial charge in [0.25, 0.3) is 5.91 Å². The molecule has 7 heteroatoms. The van der Waals surface area contributed by atoms with E-state index in [1.54, 1.807) is 45.3 Å². The van der Waals surface area contributed by atoms with Gasteiger partial charge in [0, 0.05) is 19.7 Å². The molecule has 0 radical (unpaired) electrons. The number of aliphatic imine (C=N–C) groups is 1. The molecule has 0 bridgehead atoms. The molecule has 1 atom stereocenters. The van der Waals surface area contributed by atoms with Crippen molar-refractivity contribution in [2.24, 2.45) is 4.99 Å². The Kier molecular flexibility index (Phi) is 6.74. The van der Waals surface area contributed by atoms with E-state index in [0.717, 1.165) is 11.1 Å². The van der Waals surface area contributed by atoms with E-state index < -0.39 is 12.1 Å². The van der Waals surface area contributed by atoms with Crippen LogP contribution in [0.5, 0.6) is 11.5 Å². The number of nitrogens with zero attached hydrogens (tertiary/aromatic N) is 2. The topological polar surface area (TPSA) is 77.4 Å². The summed E-state index contributed by atoms with van der Waals surface area (Å²) in [7, 11) is 3.35. The SMILES string of the molecule is CCOc1cc(C=C2N=C(c3ccccc3C)OC2=O)ccc1OC(C)C(=O)N(C)C. The lowest BCUT2D eigenvalue weighted by atomic mass is 10.1. The quantitative estimate of drug-likeness (QED) is 0.503. The molecule has 0 aliphatic carbocycles. The first kappa shape index (κ1) is 22.1. The van der Waals surface area contributed by atoms with E-state index >= 15 is 0 Å². The Morgan fingerprint density at radius 1 is 1.19 bits per heavy atom. The number of carbonyl (C=O) groups is 2. The molecule has 3 rings (SSSR count). The van der Waals surface area contributed by atoms with Crippen molar-refractivity contribution in [1.82, 2.24) is 4.90 Å². The van der Waals surface area contributed by atoms with Gasteiger partial charge in [-0.2, -0.15) is 0 Å². The lowest BCUT2D eigenvalue weighted by Gasteiger charge is -2.20. The van der Waals surface area contributed by atoms with Crippen LogP contribution >= 0.6 is 0 Å². The van der Waals surface area contributed by atoms with Gasteiger partial charge in [0.1, 0.15) is 0 Å². The van der Waals surface area contributed by atoms with Gasteiger partial charge in [-0.3, -0.25) is 4.79 Å². The predicted octanol–water partition coefficient (Wildman–Crippen LogP) is 3.59. The van der Waals surface area contributed by atoms with Gasteiger partial charge in [-0.1, -0.05) is 24.3 Å². The van der Waals surface area contributed by atoms with Crippen LogP contribution in [-0.4, -0.2) is 49.5 Å². The van der Waals surface area contributed by atoms with Gasteiger partial charge in [0.2, 0.25) is 5.90 Å². The molecule has 2 aromatic rings. The van der Waals surface area contributed by atoms with Crippen LogP contribution in [0.4, 0.5) is 0 Å². The van der Waals surface area contributed by atoms with E-state index in [9.17, 15) is 9.59 Å². The summed E-state index contributed by atoms with van der Waals surface area (Å²) < 4.78 is 16.8. The summed E-state index contributed by atoms with van der Waals surface area (Å²) in [6, 6.07) is 12.8. The third kappa shape index (κ3) is 5.12. The van der Waals surface area contributed by atoms with E-state index in [1.807, 2.05) is 38.1 Å². The zero-order valence-electron chi connectivity index (χ0n) is 18.3. The van der Waals surface area contributed by atoms with Crippen molar-refractivity contribution >= 4 is 23.9 Å². The van der Waals surface area contributed by atoms with E-state index in [0.29, 0.717) is 23.7 Å². The number of benzene rings is 2. The number of esters is 1. The largest absolute Gasteiger partial charge is 0.490 e. The fourth-order valence-corrected chi connectivity index (χ4v) is 3.08. The lowest BCUT2D eigenvalue weighted by Crippen LogP contribution is -2.35. The van der Waals surface area contributed by atoms with Gasteiger partial charge in [0.15, 0.2) is 23.3 Å². The van der Waals surface area contributed by atoms with E-state index in [4.69, 9.17) is 14.2 Å². The van der Waals surface area contributed by atoms with Gasteiger partial charge in [0.05, 0.1) is 6.61 Å². The molecule has 31 heavy (non-hydrogen) atoms. The minimum Gasteiger partial charge on any atom is -0.490 e. The third-order valence-electron chi connectivity index (χ3n) is 4.66. The number of cyclic esters (lactones) is 1. The number of carbonyl (C=O) groups excluding carboxylic acids is 2. The highest BCUT2D eigenvalue weighted by Gasteiger charge is 2.25. The molecule has 1 aliphatic heterocycles. The number of aryl methyl sites for hydroxylation is 1.